The summed E-state index contributed by atoms with van der Waals surface area (Å²) >= 11 is 0. The smallest absolute Gasteiger partial charge is 0.193 e. The zero-order valence-electron chi connectivity index (χ0n) is 11.5. The van der Waals surface area contributed by atoms with Gasteiger partial charge in [0, 0.05) is 11.1 Å². The van der Waals surface area contributed by atoms with Gasteiger partial charge in [0.15, 0.2) is 5.78 Å². The second kappa shape index (κ2) is 5.70. The summed E-state index contributed by atoms with van der Waals surface area (Å²) in [6.45, 7) is 5.93. The average Bonchev–Trinajstić information content (AvgIpc) is 2.41. The first-order valence-electron chi connectivity index (χ1n) is 6.45. The highest BCUT2D eigenvalue weighted by Crippen LogP contribution is 2.22. The highest BCUT2D eigenvalue weighted by atomic mass is 16.5. The lowest BCUT2D eigenvalue weighted by atomic mass is 10.0. The monoisotopic (exact) mass is 254 g/mol. The maximum absolute atomic E-state index is 12.3. The lowest BCUT2D eigenvalue weighted by molar-refractivity contribution is 0.103. The van der Waals surface area contributed by atoms with Gasteiger partial charge in [-0.15, -0.1) is 0 Å². The van der Waals surface area contributed by atoms with Crippen molar-refractivity contribution >= 4 is 5.78 Å². The Balaban J connectivity index is 2.27. The molecule has 0 spiro atoms. The molecule has 2 nitrogen and oxygen atoms in total. The fraction of sp³-hybridized carbons (Fsp3) is 0.235. The molecule has 0 unspecified atom stereocenters. The predicted octanol–water partition coefficient (Wildman–Crippen LogP) is 4.01. The third-order valence-electron chi connectivity index (χ3n) is 2.84. The lowest BCUT2D eigenvalue weighted by Gasteiger charge is -2.13. The number of ether oxygens (including phenoxy) is 1. The van der Waals surface area contributed by atoms with Crippen molar-refractivity contribution in [2.75, 3.05) is 0 Å². The van der Waals surface area contributed by atoms with Gasteiger partial charge in [-0.25, -0.2) is 0 Å². The van der Waals surface area contributed by atoms with Gasteiger partial charge in [-0.3, -0.25) is 4.79 Å². The minimum atomic E-state index is 0.0415. The van der Waals surface area contributed by atoms with Crippen molar-refractivity contribution in [1.29, 1.82) is 0 Å². The van der Waals surface area contributed by atoms with Gasteiger partial charge in [0.1, 0.15) is 5.75 Å². The Hall–Kier alpha value is -2.09. The minimum absolute atomic E-state index is 0.0415. The summed E-state index contributed by atoms with van der Waals surface area (Å²) in [5.41, 5.74) is 2.38. The van der Waals surface area contributed by atoms with Crippen LogP contribution in [0.1, 0.15) is 35.3 Å². The maximum atomic E-state index is 12.3. The fourth-order valence-corrected chi connectivity index (χ4v) is 1.93. The summed E-state index contributed by atoms with van der Waals surface area (Å²) in [6.07, 6.45) is 0.134. The Morgan fingerprint density at radius 2 is 1.68 bits per heavy atom. The van der Waals surface area contributed by atoms with Gasteiger partial charge in [0.25, 0.3) is 0 Å². The van der Waals surface area contributed by atoms with E-state index in [1.807, 2.05) is 69.3 Å². The topological polar surface area (TPSA) is 26.3 Å². The van der Waals surface area contributed by atoms with E-state index in [-0.39, 0.29) is 11.9 Å². The van der Waals surface area contributed by atoms with Crippen LogP contribution in [0, 0.1) is 6.92 Å². The highest BCUT2D eigenvalue weighted by molar-refractivity contribution is 6.09. The molecule has 0 aliphatic carbocycles. The van der Waals surface area contributed by atoms with E-state index in [9.17, 15) is 4.79 Å². The number of carbonyl (C=O) groups is 1. The average molecular weight is 254 g/mol. The first-order valence-corrected chi connectivity index (χ1v) is 6.45. The first-order chi connectivity index (χ1) is 9.08. The molecule has 0 atom stereocenters. The number of hydrogen-bond donors (Lipinski definition) is 0. The molecule has 2 aromatic carbocycles. The maximum Gasteiger partial charge on any atom is 0.193 e. The number of aryl methyl sites for hydroxylation is 1. The molecule has 0 radical (unpaired) electrons. The summed E-state index contributed by atoms with van der Waals surface area (Å²) in [6, 6.07) is 14.9. The Labute approximate surface area is 114 Å². The number of hydrogen-bond acceptors (Lipinski definition) is 2. The Morgan fingerprint density at radius 3 is 2.26 bits per heavy atom. The van der Waals surface area contributed by atoms with Crippen LogP contribution < -0.4 is 4.74 Å². The molecule has 0 aliphatic heterocycles. The fourth-order valence-electron chi connectivity index (χ4n) is 1.93. The Morgan fingerprint density at radius 1 is 1.00 bits per heavy atom. The molecule has 98 valence electrons. The van der Waals surface area contributed by atoms with E-state index in [0.29, 0.717) is 11.1 Å². The van der Waals surface area contributed by atoms with Crippen LogP contribution in [0.15, 0.2) is 48.5 Å². The van der Waals surface area contributed by atoms with Gasteiger partial charge in [-0.05, 0) is 44.5 Å². The largest absolute Gasteiger partial charge is 0.491 e. The van der Waals surface area contributed by atoms with E-state index >= 15 is 0 Å². The molecule has 0 saturated carbocycles. The molecule has 0 amide bonds. The van der Waals surface area contributed by atoms with E-state index < -0.39 is 0 Å². The van der Waals surface area contributed by atoms with Crippen LogP contribution in [0.3, 0.4) is 0 Å². The molecule has 2 rings (SSSR count). The molecule has 0 fully saturated rings. The number of ketones is 1. The molecular formula is C17H18O2. The van der Waals surface area contributed by atoms with Crippen LogP contribution in [-0.2, 0) is 0 Å². The lowest BCUT2D eigenvalue weighted by Crippen LogP contribution is -2.08. The van der Waals surface area contributed by atoms with Crippen molar-refractivity contribution in [2.45, 2.75) is 26.9 Å². The standard InChI is InChI=1S/C17H18O2/c1-12(2)19-16-10-9-15(11-13(16)3)17(18)14-7-5-4-6-8-14/h4-12H,1-3H3. The van der Waals surface area contributed by atoms with Crippen LogP contribution >= 0.6 is 0 Å². The van der Waals surface area contributed by atoms with Gasteiger partial charge < -0.3 is 4.74 Å². The third-order valence-corrected chi connectivity index (χ3v) is 2.84. The predicted molar refractivity (Wildman–Crippen MR) is 76.8 cm³/mol. The van der Waals surface area contributed by atoms with Crippen LogP contribution in [0.5, 0.6) is 5.75 Å². The molecule has 2 heteroatoms. The molecule has 0 N–H and O–H groups in total. The van der Waals surface area contributed by atoms with Crippen molar-refractivity contribution in [3.8, 4) is 5.75 Å². The van der Waals surface area contributed by atoms with Crippen molar-refractivity contribution in [2.24, 2.45) is 0 Å². The van der Waals surface area contributed by atoms with Crippen molar-refractivity contribution in [3.63, 3.8) is 0 Å². The zero-order valence-corrected chi connectivity index (χ0v) is 11.5. The molecule has 19 heavy (non-hydrogen) atoms. The van der Waals surface area contributed by atoms with Crippen LogP contribution in [-0.4, -0.2) is 11.9 Å². The van der Waals surface area contributed by atoms with Gasteiger partial charge >= 0.3 is 0 Å². The normalized spacial score (nSPS) is 10.5. The van der Waals surface area contributed by atoms with E-state index in [1.54, 1.807) is 0 Å². The van der Waals surface area contributed by atoms with E-state index in [4.69, 9.17) is 4.74 Å². The molecule has 0 saturated heterocycles. The number of carbonyl (C=O) groups excluding carboxylic acids is 1. The second-order valence-electron chi connectivity index (χ2n) is 4.84. The minimum Gasteiger partial charge on any atom is -0.491 e. The van der Waals surface area contributed by atoms with Gasteiger partial charge in [-0.2, -0.15) is 0 Å². The summed E-state index contributed by atoms with van der Waals surface area (Å²) in [7, 11) is 0. The van der Waals surface area contributed by atoms with Crippen molar-refractivity contribution in [3.05, 3.63) is 65.2 Å². The molecular weight excluding hydrogens is 236 g/mol. The quantitative estimate of drug-likeness (QED) is 0.770. The van der Waals surface area contributed by atoms with Crippen LogP contribution in [0.2, 0.25) is 0 Å². The van der Waals surface area contributed by atoms with Crippen molar-refractivity contribution < 1.29 is 9.53 Å². The summed E-state index contributed by atoms with van der Waals surface area (Å²) in [5.74, 6) is 0.874. The number of rotatable bonds is 4. The Kier molecular flexibility index (Phi) is 4.00. The zero-order chi connectivity index (χ0) is 13.8. The van der Waals surface area contributed by atoms with Gasteiger partial charge in [0.2, 0.25) is 0 Å². The summed E-state index contributed by atoms with van der Waals surface area (Å²) in [4.78, 5) is 12.3. The van der Waals surface area contributed by atoms with Crippen molar-refractivity contribution in [1.82, 2.24) is 0 Å². The summed E-state index contributed by atoms with van der Waals surface area (Å²) in [5, 5.41) is 0. The molecule has 0 heterocycles. The van der Waals surface area contributed by atoms with Crippen LogP contribution in [0.25, 0.3) is 0 Å². The second-order valence-corrected chi connectivity index (χ2v) is 4.84. The van der Waals surface area contributed by atoms with Gasteiger partial charge in [-0.1, -0.05) is 30.3 Å². The number of benzene rings is 2. The summed E-state index contributed by atoms with van der Waals surface area (Å²) < 4.78 is 5.67. The Bertz CT molecular complexity index is 571. The highest BCUT2D eigenvalue weighted by Gasteiger charge is 2.10. The van der Waals surface area contributed by atoms with Crippen LogP contribution in [0.4, 0.5) is 0 Å². The molecule has 0 aromatic heterocycles. The SMILES string of the molecule is Cc1cc(C(=O)c2ccccc2)ccc1OC(C)C. The van der Waals surface area contributed by atoms with E-state index in [0.717, 1.165) is 11.3 Å². The first kappa shape index (κ1) is 13.3. The molecule has 2 aromatic rings. The van der Waals surface area contributed by atoms with Gasteiger partial charge in [0.05, 0.1) is 6.10 Å². The molecule has 0 aliphatic rings. The molecule has 0 bridgehead atoms. The van der Waals surface area contributed by atoms with E-state index in [1.165, 1.54) is 0 Å². The van der Waals surface area contributed by atoms with E-state index in [2.05, 4.69) is 0 Å². The third kappa shape index (κ3) is 3.22.